The van der Waals surface area contributed by atoms with E-state index in [0.717, 1.165) is 11.1 Å². The summed E-state index contributed by atoms with van der Waals surface area (Å²) >= 11 is 0. The lowest BCUT2D eigenvalue weighted by molar-refractivity contribution is -0.113. The van der Waals surface area contributed by atoms with Gasteiger partial charge in [-0.05, 0) is 67.3 Å². The van der Waals surface area contributed by atoms with E-state index in [1.807, 2.05) is 12.1 Å². The highest BCUT2D eigenvalue weighted by atomic mass is 32.2. The maximum atomic E-state index is 13.4. The Morgan fingerprint density at radius 1 is 0.800 bits per heavy atom. The van der Waals surface area contributed by atoms with Gasteiger partial charge in [-0.3, -0.25) is 4.79 Å². The van der Waals surface area contributed by atoms with Gasteiger partial charge in [0, 0.05) is 17.2 Å². The van der Waals surface area contributed by atoms with E-state index in [1.165, 1.54) is 0 Å². The fourth-order valence-corrected chi connectivity index (χ4v) is 4.79. The van der Waals surface area contributed by atoms with Crippen LogP contribution in [0, 0.1) is 0 Å². The lowest BCUT2D eigenvalue weighted by Crippen LogP contribution is -2.40. The van der Waals surface area contributed by atoms with Gasteiger partial charge in [-0.1, -0.05) is 12.1 Å². The number of hydrogen-bond acceptors (Lipinski definition) is 7. The third kappa shape index (κ3) is 6.43. The van der Waals surface area contributed by atoms with Gasteiger partial charge in [0.2, 0.25) is 10.0 Å². The van der Waals surface area contributed by atoms with Crippen LogP contribution in [0.5, 0.6) is 23.0 Å². The molecule has 8 nitrogen and oxygen atoms in total. The van der Waals surface area contributed by atoms with E-state index in [9.17, 15) is 13.2 Å². The highest BCUT2D eigenvalue weighted by Crippen LogP contribution is 2.33. The average molecular weight is 502 g/mol. The van der Waals surface area contributed by atoms with Crippen molar-refractivity contribution in [1.82, 2.24) is 4.72 Å². The Morgan fingerprint density at radius 2 is 1.23 bits per heavy atom. The summed E-state index contributed by atoms with van der Waals surface area (Å²) in [6, 6.07) is 10.3. The lowest BCUT2D eigenvalue weighted by Gasteiger charge is -2.26. The quantitative estimate of drug-likeness (QED) is 0.521. The minimum absolute atomic E-state index is 0.0408. The standard InChI is InChI=1S/C26H31NO7S/c1-6-35(29,30)27-21-15-19(11-17-7-9-22(31-2)24(13-17)33-4)26(28)20(16-21)12-18-8-10-23(32-3)25(14-18)34-5/h7-14,21,27H,6,15-16H2,1-5H3/b19-11+,20-12+. The van der Waals surface area contributed by atoms with Crippen LogP contribution in [0.25, 0.3) is 12.2 Å². The van der Waals surface area contributed by atoms with Crippen LogP contribution >= 0.6 is 0 Å². The monoisotopic (exact) mass is 501 g/mol. The number of ether oxygens (including phenoxy) is 4. The predicted octanol–water partition coefficient (Wildman–Crippen LogP) is 3.86. The first-order valence-electron chi connectivity index (χ1n) is 11.1. The van der Waals surface area contributed by atoms with Crippen molar-refractivity contribution < 1.29 is 32.2 Å². The van der Waals surface area contributed by atoms with Crippen LogP contribution in [0.1, 0.15) is 30.9 Å². The third-order valence-corrected chi connectivity index (χ3v) is 7.19. The number of benzene rings is 2. The smallest absolute Gasteiger partial charge is 0.211 e. The number of hydrogen-bond donors (Lipinski definition) is 1. The molecule has 1 aliphatic carbocycles. The van der Waals surface area contributed by atoms with Crippen molar-refractivity contribution in [2.24, 2.45) is 0 Å². The fraction of sp³-hybridized carbons (Fsp3) is 0.346. The average Bonchev–Trinajstić information content (AvgIpc) is 2.86. The first kappa shape index (κ1) is 26.3. The maximum absolute atomic E-state index is 13.4. The third-order valence-electron chi connectivity index (χ3n) is 5.74. The summed E-state index contributed by atoms with van der Waals surface area (Å²) in [4.78, 5) is 13.4. The van der Waals surface area contributed by atoms with Gasteiger partial charge in [0.25, 0.3) is 0 Å². The Bertz CT molecular complexity index is 1170. The Hall–Kier alpha value is -3.30. The first-order chi connectivity index (χ1) is 16.7. The van der Waals surface area contributed by atoms with Gasteiger partial charge >= 0.3 is 0 Å². The molecular formula is C26H31NO7S. The fourth-order valence-electron chi connectivity index (χ4n) is 3.95. The second-order valence-electron chi connectivity index (χ2n) is 8.02. The zero-order valence-corrected chi connectivity index (χ0v) is 21.4. The van der Waals surface area contributed by atoms with Gasteiger partial charge in [0.1, 0.15) is 0 Å². The highest BCUT2D eigenvalue weighted by Gasteiger charge is 2.30. The molecule has 3 rings (SSSR count). The normalized spacial score (nSPS) is 18.5. The molecule has 35 heavy (non-hydrogen) atoms. The van der Waals surface area contributed by atoms with Crippen LogP contribution in [-0.4, -0.2) is 54.4 Å². The number of sulfonamides is 1. The molecule has 0 radical (unpaired) electrons. The molecule has 1 fully saturated rings. The summed E-state index contributed by atoms with van der Waals surface area (Å²) in [6.45, 7) is 1.58. The number of carbonyl (C=O) groups excluding carboxylic acids is 1. The van der Waals surface area contributed by atoms with Gasteiger partial charge in [-0.15, -0.1) is 0 Å². The Labute approximate surface area is 206 Å². The Kier molecular flexibility index (Phi) is 8.58. The minimum atomic E-state index is -3.46. The number of ketones is 1. The SMILES string of the molecule is CCS(=O)(=O)NC1C/C(=C\c2ccc(OC)c(OC)c2)C(=O)/C(=C/c2ccc(OC)c(OC)c2)C1. The molecule has 2 aromatic carbocycles. The van der Waals surface area contributed by atoms with Crippen LogP contribution in [0.2, 0.25) is 0 Å². The lowest BCUT2D eigenvalue weighted by atomic mass is 9.84. The molecule has 0 spiro atoms. The van der Waals surface area contributed by atoms with E-state index in [-0.39, 0.29) is 24.4 Å². The van der Waals surface area contributed by atoms with E-state index < -0.39 is 16.1 Å². The second-order valence-corrected chi connectivity index (χ2v) is 10.1. The van der Waals surface area contributed by atoms with Crippen molar-refractivity contribution in [1.29, 1.82) is 0 Å². The van der Waals surface area contributed by atoms with Gasteiger partial charge in [0.15, 0.2) is 28.8 Å². The van der Waals surface area contributed by atoms with Crippen molar-refractivity contribution in [2.75, 3.05) is 34.2 Å². The molecule has 1 aliphatic rings. The van der Waals surface area contributed by atoms with Crippen molar-refractivity contribution in [3.8, 4) is 23.0 Å². The van der Waals surface area contributed by atoms with E-state index in [0.29, 0.717) is 34.1 Å². The minimum Gasteiger partial charge on any atom is -0.493 e. The largest absolute Gasteiger partial charge is 0.493 e. The van der Waals surface area contributed by atoms with Crippen LogP contribution in [0.15, 0.2) is 47.5 Å². The molecule has 0 aliphatic heterocycles. The van der Waals surface area contributed by atoms with Crippen LogP contribution < -0.4 is 23.7 Å². The van der Waals surface area contributed by atoms with Gasteiger partial charge in [-0.25, -0.2) is 13.1 Å². The number of methoxy groups -OCH3 is 4. The van der Waals surface area contributed by atoms with Crippen LogP contribution in [0.3, 0.4) is 0 Å². The zero-order chi connectivity index (χ0) is 25.6. The zero-order valence-electron chi connectivity index (χ0n) is 20.6. The molecular weight excluding hydrogens is 470 g/mol. The van der Waals surface area contributed by atoms with E-state index >= 15 is 0 Å². The number of Topliss-reactive ketones (excluding diaryl/α,β-unsaturated/α-hetero) is 1. The summed E-state index contributed by atoms with van der Waals surface area (Å²) in [7, 11) is 2.73. The van der Waals surface area contributed by atoms with E-state index in [2.05, 4.69) is 4.72 Å². The summed E-state index contributed by atoms with van der Waals surface area (Å²) in [5.41, 5.74) is 2.49. The number of rotatable bonds is 9. The van der Waals surface area contributed by atoms with Crippen LogP contribution in [-0.2, 0) is 14.8 Å². The summed E-state index contributed by atoms with van der Waals surface area (Å²) in [6.07, 6.45) is 4.07. The molecule has 0 bridgehead atoms. The predicted molar refractivity (Wildman–Crippen MR) is 136 cm³/mol. The molecule has 0 aromatic heterocycles. The molecule has 0 amide bonds. The molecule has 2 aromatic rings. The highest BCUT2D eigenvalue weighted by molar-refractivity contribution is 7.89. The molecule has 0 atom stereocenters. The van der Waals surface area contributed by atoms with Gasteiger partial charge < -0.3 is 18.9 Å². The number of carbonyl (C=O) groups is 1. The molecule has 1 N–H and O–H groups in total. The molecule has 9 heteroatoms. The van der Waals surface area contributed by atoms with Gasteiger partial charge in [0.05, 0.1) is 34.2 Å². The molecule has 0 heterocycles. The molecule has 0 unspecified atom stereocenters. The summed E-state index contributed by atoms with van der Waals surface area (Å²) < 4.78 is 48.6. The van der Waals surface area contributed by atoms with Crippen molar-refractivity contribution in [3.63, 3.8) is 0 Å². The molecule has 0 saturated heterocycles. The first-order valence-corrected chi connectivity index (χ1v) is 12.8. The van der Waals surface area contributed by atoms with Crippen LogP contribution in [0.4, 0.5) is 0 Å². The van der Waals surface area contributed by atoms with Crippen molar-refractivity contribution >= 4 is 28.0 Å². The van der Waals surface area contributed by atoms with Crippen molar-refractivity contribution in [3.05, 3.63) is 58.7 Å². The number of nitrogens with one attached hydrogen (secondary N) is 1. The molecule has 1 saturated carbocycles. The van der Waals surface area contributed by atoms with E-state index in [4.69, 9.17) is 18.9 Å². The maximum Gasteiger partial charge on any atom is 0.211 e. The van der Waals surface area contributed by atoms with E-state index in [1.54, 1.807) is 71.8 Å². The topological polar surface area (TPSA) is 100 Å². The Balaban J connectivity index is 2.03. The Morgan fingerprint density at radius 3 is 1.60 bits per heavy atom. The molecule has 188 valence electrons. The van der Waals surface area contributed by atoms with Gasteiger partial charge in [-0.2, -0.15) is 0 Å². The summed E-state index contributed by atoms with van der Waals surface area (Å²) in [5.74, 6) is 2.05. The summed E-state index contributed by atoms with van der Waals surface area (Å²) in [5, 5.41) is 0. The van der Waals surface area contributed by atoms with Crippen molar-refractivity contribution in [2.45, 2.75) is 25.8 Å². The second kappa shape index (κ2) is 11.4.